The number of benzene rings is 5. The Bertz CT molecular complexity index is 3440. The molecule has 18 heteroatoms. The Morgan fingerprint density at radius 3 is 1.42 bits per heavy atom. The van der Waals surface area contributed by atoms with Gasteiger partial charge >= 0.3 is 0 Å². The molecule has 0 fully saturated rings. The van der Waals surface area contributed by atoms with Crippen molar-refractivity contribution < 1.29 is 35.1 Å². The van der Waals surface area contributed by atoms with E-state index in [0.29, 0.717) is 0 Å². The van der Waals surface area contributed by atoms with Crippen LogP contribution in [0.5, 0.6) is 0 Å². The van der Waals surface area contributed by atoms with Gasteiger partial charge in [0.05, 0.1) is 61.7 Å². The normalized spacial score (nSPS) is 13.5. The van der Waals surface area contributed by atoms with Crippen molar-refractivity contribution in [2.45, 2.75) is 0 Å². The van der Waals surface area contributed by atoms with Crippen molar-refractivity contribution in [2.75, 3.05) is 0 Å². The number of nitrogens with zero attached hydrogens (tertiary/aromatic N) is 10. The van der Waals surface area contributed by atoms with Crippen molar-refractivity contribution in [3.8, 4) is 30.3 Å². The monoisotopic (exact) mass is 876 g/mol. The van der Waals surface area contributed by atoms with Crippen LogP contribution in [0.4, 0.5) is 52.2 Å². The maximum Gasteiger partial charge on any atom is 0.262 e. The van der Waals surface area contributed by atoms with Crippen molar-refractivity contribution in [2.24, 2.45) is 0 Å². The summed E-state index contributed by atoms with van der Waals surface area (Å²) in [5, 5.41) is 50.4. The quantitative estimate of drug-likeness (QED) is 0.0765. The van der Waals surface area contributed by atoms with Crippen LogP contribution in [0.2, 0.25) is 0 Å². The molecule has 0 heterocycles. The number of nitriles is 5. The lowest BCUT2D eigenvalue weighted by Gasteiger charge is -2.17. The smallest absolute Gasteiger partial charge is 0.238 e. The first-order valence-corrected chi connectivity index (χ1v) is 17.7. The zero-order chi connectivity index (χ0) is 48.0. The van der Waals surface area contributed by atoms with E-state index >= 15 is 35.1 Å². The predicted octanol–water partition coefficient (Wildman–Crippen LogP) is 12.5. The number of hydrogen-bond donors (Lipinski definition) is 0. The average Bonchev–Trinajstić information content (AvgIpc) is 3.80. The summed E-state index contributed by atoms with van der Waals surface area (Å²) in [4.78, 5) is 15.9. The molecule has 2 aliphatic rings. The molecule has 7 rings (SSSR count). The van der Waals surface area contributed by atoms with E-state index in [1.807, 2.05) is 0 Å². The highest BCUT2D eigenvalue weighted by Gasteiger charge is 2.42. The molecule has 0 unspecified atom stereocenters. The Labute approximate surface area is 366 Å². The highest BCUT2D eigenvalue weighted by atomic mass is 19.2. The highest BCUT2D eigenvalue weighted by molar-refractivity contribution is 6.33. The van der Waals surface area contributed by atoms with E-state index in [9.17, 15) is 26.3 Å². The van der Waals surface area contributed by atoms with E-state index in [-0.39, 0.29) is 33.6 Å². The maximum absolute atomic E-state index is 16.2. The molecular formula is C48H8F8N10. The molecule has 0 spiro atoms. The zero-order valence-electron chi connectivity index (χ0n) is 32.1. The minimum atomic E-state index is -2.23. The molecule has 0 aromatic heterocycles. The number of hydrogen-bond acceptors (Lipinski definition) is 5. The first-order valence-electron chi connectivity index (χ1n) is 17.7. The van der Waals surface area contributed by atoms with Crippen LogP contribution >= 0.6 is 0 Å². The summed E-state index contributed by atoms with van der Waals surface area (Å²) in [5.74, 6) is -17.8. The van der Waals surface area contributed by atoms with Gasteiger partial charge in [0.25, 0.3) is 5.69 Å². The number of fused-ring (bicyclic) bond motifs is 2. The molecule has 0 saturated heterocycles. The Morgan fingerprint density at radius 2 is 0.955 bits per heavy atom. The van der Waals surface area contributed by atoms with Crippen molar-refractivity contribution >= 4 is 61.9 Å². The Balaban J connectivity index is 1.77. The molecule has 0 atom stereocenters. The molecular weight excluding hydrogens is 869 g/mol. The maximum atomic E-state index is 16.2. The lowest BCUT2D eigenvalue weighted by Crippen LogP contribution is -2.07. The predicted molar refractivity (Wildman–Crippen MR) is 216 cm³/mol. The molecule has 10 nitrogen and oxygen atoms in total. The third-order valence-electron chi connectivity index (χ3n) is 10.3. The summed E-state index contributed by atoms with van der Waals surface area (Å²) in [6, 6.07) is 16.0. The largest absolute Gasteiger partial charge is 0.262 e. The van der Waals surface area contributed by atoms with Crippen LogP contribution in [0.1, 0.15) is 61.2 Å². The van der Waals surface area contributed by atoms with Gasteiger partial charge in [-0.2, -0.15) is 26.3 Å². The summed E-state index contributed by atoms with van der Waals surface area (Å²) in [7, 11) is 0. The second kappa shape index (κ2) is 16.4. The Hall–Kier alpha value is -10.6. The van der Waals surface area contributed by atoms with Gasteiger partial charge in [-0.25, -0.2) is 59.3 Å². The summed E-state index contributed by atoms with van der Waals surface area (Å²) in [5.41, 5.74) is -17.4. The third-order valence-corrected chi connectivity index (χ3v) is 10.3. The fourth-order valence-electron chi connectivity index (χ4n) is 7.61. The van der Waals surface area contributed by atoms with Gasteiger partial charge in [-0.3, -0.25) is 0 Å². The standard InChI is InChI=1S/C48H8F8N10/c1-62-23-8-19(14-57)6-21(10-23)29(16-59)32-26-13-27-28(12-25(26)30(17-60)33(32)36-40(51)38(49)31(18-61)39(50)41(36)52)47(65-4)35(37-42(53)44(55)48(66-5)45(56)43(37)54)34(27)46(64-3)22-7-20(15-58)9-24(11-22)63-2/h6-13H/b32-29+,46-34-. The Kier molecular flexibility index (Phi) is 10.8. The summed E-state index contributed by atoms with van der Waals surface area (Å²) >= 11 is 0. The van der Waals surface area contributed by atoms with E-state index in [4.69, 9.17) is 32.9 Å². The minimum Gasteiger partial charge on any atom is -0.238 e. The van der Waals surface area contributed by atoms with Crippen LogP contribution < -0.4 is 0 Å². The molecule has 0 bridgehead atoms. The van der Waals surface area contributed by atoms with Gasteiger partial charge in [0.1, 0.15) is 23.8 Å². The fraction of sp³-hybridized carbons (Fsp3) is 0. The van der Waals surface area contributed by atoms with Crippen LogP contribution in [-0.2, 0) is 0 Å². The van der Waals surface area contributed by atoms with Gasteiger partial charge < -0.3 is 0 Å². The van der Waals surface area contributed by atoms with Gasteiger partial charge in [0.15, 0.2) is 63.6 Å². The van der Waals surface area contributed by atoms with Gasteiger partial charge in [0.2, 0.25) is 5.70 Å². The second-order valence-electron chi connectivity index (χ2n) is 13.5. The molecule has 0 radical (unpaired) electrons. The van der Waals surface area contributed by atoms with Gasteiger partial charge in [-0.05, 0) is 69.3 Å². The van der Waals surface area contributed by atoms with Crippen LogP contribution in [0.25, 0.3) is 69.1 Å². The lowest BCUT2D eigenvalue weighted by atomic mass is 9.86. The molecule has 0 amide bonds. The molecule has 0 saturated carbocycles. The van der Waals surface area contributed by atoms with Crippen LogP contribution in [-0.4, -0.2) is 0 Å². The number of halogens is 8. The summed E-state index contributed by atoms with van der Waals surface area (Å²) in [6.45, 7) is 38.7. The SMILES string of the molecule is [C-]#[N+]C1=C(c2c(F)c(F)c([N+]#[C-])c(F)c2F)/C(=C(\[N+]#[C-])c2cc(C#N)cc([N+]#[C-])c2)c2cc3c(cc21)C(C#N)=C(c1c(F)c(F)c(C#N)c(F)c1F)/C3=C(\C#N)c1cc(C#N)cc([N+]#[C-])c1. The lowest BCUT2D eigenvalue weighted by molar-refractivity contribution is 0.447. The summed E-state index contributed by atoms with van der Waals surface area (Å²) < 4.78 is 127. The van der Waals surface area contributed by atoms with Gasteiger partial charge in [-0.1, -0.05) is 18.2 Å². The van der Waals surface area contributed by atoms with E-state index in [0.717, 1.165) is 54.6 Å². The molecule has 306 valence electrons. The third kappa shape index (κ3) is 6.23. The molecule has 0 N–H and O–H groups in total. The molecule has 5 aromatic rings. The van der Waals surface area contributed by atoms with E-state index in [1.165, 1.54) is 0 Å². The average molecular weight is 877 g/mol. The topological polar surface area (TPSA) is 141 Å². The van der Waals surface area contributed by atoms with E-state index in [1.54, 1.807) is 24.3 Å². The van der Waals surface area contributed by atoms with Gasteiger partial charge in [-0.15, -0.1) is 0 Å². The van der Waals surface area contributed by atoms with Crippen molar-refractivity contribution in [1.82, 2.24) is 0 Å². The first kappa shape index (κ1) is 43.5. The Morgan fingerprint density at radius 1 is 0.455 bits per heavy atom. The molecule has 5 aromatic carbocycles. The van der Waals surface area contributed by atoms with Crippen molar-refractivity contribution in [3.63, 3.8) is 0 Å². The number of allylic oxidation sites excluding steroid dienone is 6. The summed E-state index contributed by atoms with van der Waals surface area (Å²) in [6.07, 6.45) is 0. The zero-order valence-corrected chi connectivity index (χ0v) is 32.1. The molecule has 66 heavy (non-hydrogen) atoms. The van der Waals surface area contributed by atoms with Crippen LogP contribution in [0, 0.1) is 136 Å². The van der Waals surface area contributed by atoms with Gasteiger partial charge in [0, 0.05) is 33.4 Å². The van der Waals surface area contributed by atoms with Crippen molar-refractivity contribution in [1.29, 1.82) is 26.3 Å². The van der Waals surface area contributed by atoms with E-state index in [2.05, 4.69) is 24.2 Å². The van der Waals surface area contributed by atoms with Crippen LogP contribution in [0.15, 0.2) is 48.5 Å². The highest BCUT2D eigenvalue weighted by Crippen LogP contribution is 2.58. The second-order valence-corrected chi connectivity index (χ2v) is 13.5. The molecule has 0 aliphatic heterocycles. The molecule has 2 aliphatic carbocycles. The van der Waals surface area contributed by atoms with Crippen LogP contribution in [0.3, 0.4) is 0 Å². The fourth-order valence-corrected chi connectivity index (χ4v) is 7.61. The first-order chi connectivity index (χ1) is 31.6. The minimum absolute atomic E-state index is 0.250. The van der Waals surface area contributed by atoms with Crippen molar-refractivity contribution in [3.05, 3.63) is 213 Å². The van der Waals surface area contributed by atoms with E-state index < -0.39 is 136 Å². The number of rotatable bonds is 4.